The molecule has 0 unspecified atom stereocenters. The Labute approximate surface area is 112 Å². The van der Waals surface area contributed by atoms with Crippen molar-refractivity contribution in [1.82, 2.24) is 10.2 Å². The van der Waals surface area contributed by atoms with Crippen LogP contribution in [0, 0.1) is 11.3 Å². The van der Waals surface area contributed by atoms with Crippen LogP contribution in [-0.4, -0.2) is 30.6 Å². The van der Waals surface area contributed by atoms with Gasteiger partial charge in [-0.15, -0.1) is 0 Å². The van der Waals surface area contributed by atoms with Crippen LogP contribution >= 0.6 is 0 Å². The molecule has 2 amide bonds. The van der Waals surface area contributed by atoms with Crippen molar-refractivity contribution in [3.8, 4) is 0 Å². The first-order valence-corrected chi connectivity index (χ1v) is 7.56. The maximum absolute atomic E-state index is 12.0. The predicted octanol–water partition coefficient (Wildman–Crippen LogP) is 3.64. The Morgan fingerprint density at radius 1 is 1.22 bits per heavy atom. The Morgan fingerprint density at radius 3 is 2.22 bits per heavy atom. The van der Waals surface area contributed by atoms with Gasteiger partial charge in [-0.1, -0.05) is 26.7 Å². The minimum atomic E-state index is 0.107. The number of carbonyl (C=O) groups excluding carboxylic acids is 1. The van der Waals surface area contributed by atoms with Crippen LogP contribution in [0.2, 0.25) is 0 Å². The third kappa shape index (κ3) is 4.18. The van der Waals surface area contributed by atoms with Gasteiger partial charge >= 0.3 is 6.03 Å². The van der Waals surface area contributed by atoms with Crippen molar-refractivity contribution in [2.24, 2.45) is 11.3 Å². The number of hydrogen-bond donors (Lipinski definition) is 1. The van der Waals surface area contributed by atoms with Crippen molar-refractivity contribution in [3.63, 3.8) is 0 Å². The summed E-state index contributed by atoms with van der Waals surface area (Å²) in [7, 11) is 0. The Hall–Kier alpha value is -0.730. The lowest BCUT2D eigenvalue weighted by atomic mass is 9.78. The SMILES string of the molecule is CCN(CC)C(=O)NCC1(CC(C)C)CCCC1. The quantitative estimate of drug-likeness (QED) is 0.771. The zero-order chi connectivity index (χ0) is 13.6. The second kappa shape index (κ2) is 7.01. The number of carbonyl (C=O) groups is 1. The first kappa shape index (κ1) is 15.3. The molecule has 0 heterocycles. The zero-order valence-corrected chi connectivity index (χ0v) is 12.6. The number of rotatable bonds is 6. The van der Waals surface area contributed by atoms with Crippen LogP contribution in [0.1, 0.15) is 59.8 Å². The fourth-order valence-electron chi connectivity index (χ4n) is 3.33. The Kier molecular flexibility index (Phi) is 5.97. The summed E-state index contributed by atoms with van der Waals surface area (Å²) >= 11 is 0. The number of hydrogen-bond acceptors (Lipinski definition) is 1. The molecule has 0 radical (unpaired) electrons. The largest absolute Gasteiger partial charge is 0.337 e. The molecule has 0 aromatic rings. The van der Waals surface area contributed by atoms with Crippen LogP contribution in [0.25, 0.3) is 0 Å². The second-order valence-corrected chi connectivity index (χ2v) is 6.14. The number of nitrogens with zero attached hydrogens (tertiary/aromatic N) is 1. The van der Waals surface area contributed by atoms with Gasteiger partial charge in [-0.2, -0.15) is 0 Å². The van der Waals surface area contributed by atoms with Crippen LogP contribution in [-0.2, 0) is 0 Å². The van der Waals surface area contributed by atoms with Crippen molar-refractivity contribution in [2.75, 3.05) is 19.6 Å². The van der Waals surface area contributed by atoms with Crippen LogP contribution in [0.3, 0.4) is 0 Å². The lowest BCUT2D eigenvalue weighted by Crippen LogP contribution is -2.44. The highest BCUT2D eigenvalue weighted by molar-refractivity contribution is 5.74. The molecule has 1 fully saturated rings. The molecule has 1 N–H and O–H groups in total. The molecule has 1 aliphatic rings. The highest BCUT2D eigenvalue weighted by Gasteiger charge is 2.34. The smallest absolute Gasteiger partial charge is 0.317 e. The molecular weight excluding hydrogens is 224 g/mol. The van der Waals surface area contributed by atoms with E-state index in [1.807, 2.05) is 18.7 Å². The number of nitrogens with one attached hydrogen (secondary N) is 1. The zero-order valence-electron chi connectivity index (χ0n) is 12.6. The fourth-order valence-corrected chi connectivity index (χ4v) is 3.33. The van der Waals surface area contributed by atoms with Crippen molar-refractivity contribution in [1.29, 1.82) is 0 Å². The maximum atomic E-state index is 12.0. The normalized spacial score (nSPS) is 18.1. The summed E-state index contributed by atoms with van der Waals surface area (Å²) < 4.78 is 0. The van der Waals surface area contributed by atoms with E-state index in [9.17, 15) is 4.79 Å². The molecule has 106 valence electrons. The highest BCUT2D eigenvalue weighted by atomic mass is 16.2. The molecule has 0 saturated heterocycles. The number of urea groups is 1. The summed E-state index contributed by atoms with van der Waals surface area (Å²) in [6.07, 6.45) is 6.46. The molecule has 0 aromatic heterocycles. The van der Waals surface area contributed by atoms with E-state index in [0.29, 0.717) is 11.3 Å². The van der Waals surface area contributed by atoms with Crippen molar-refractivity contribution >= 4 is 6.03 Å². The van der Waals surface area contributed by atoms with Gasteiger partial charge in [-0.3, -0.25) is 0 Å². The molecule has 3 heteroatoms. The molecule has 0 aliphatic heterocycles. The molecule has 18 heavy (non-hydrogen) atoms. The topological polar surface area (TPSA) is 32.3 Å². The number of amides is 2. The summed E-state index contributed by atoms with van der Waals surface area (Å²) in [6, 6.07) is 0.107. The van der Waals surface area contributed by atoms with E-state index in [1.54, 1.807) is 0 Å². The molecule has 1 saturated carbocycles. The van der Waals surface area contributed by atoms with Gasteiger partial charge < -0.3 is 10.2 Å². The first-order valence-electron chi connectivity index (χ1n) is 7.56. The average Bonchev–Trinajstić information content (AvgIpc) is 2.76. The van der Waals surface area contributed by atoms with E-state index in [1.165, 1.54) is 32.1 Å². The molecule has 0 bridgehead atoms. The van der Waals surface area contributed by atoms with E-state index < -0.39 is 0 Å². The Balaban J connectivity index is 2.50. The molecule has 1 rings (SSSR count). The van der Waals surface area contributed by atoms with E-state index in [2.05, 4.69) is 19.2 Å². The average molecular weight is 254 g/mol. The van der Waals surface area contributed by atoms with Crippen LogP contribution in [0.4, 0.5) is 4.79 Å². The van der Waals surface area contributed by atoms with E-state index in [4.69, 9.17) is 0 Å². The lowest BCUT2D eigenvalue weighted by Gasteiger charge is -2.32. The van der Waals surface area contributed by atoms with Crippen LogP contribution in [0.5, 0.6) is 0 Å². The van der Waals surface area contributed by atoms with Gasteiger partial charge in [0, 0.05) is 19.6 Å². The van der Waals surface area contributed by atoms with Gasteiger partial charge in [0.25, 0.3) is 0 Å². The fraction of sp³-hybridized carbons (Fsp3) is 0.933. The summed E-state index contributed by atoms with van der Waals surface area (Å²) in [5.41, 5.74) is 0.372. The van der Waals surface area contributed by atoms with Gasteiger partial charge in [0.1, 0.15) is 0 Å². The standard InChI is InChI=1S/C15H30N2O/c1-5-17(6-2)14(18)16-12-15(11-13(3)4)9-7-8-10-15/h13H,5-12H2,1-4H3,(H,16,18). The summed E-state index contributed by atoms with van der Waals surface area (Å²) in [4.78, 5) is 13.9. The van der Waals surface area contributed by atoms with E-state index >= 15 is 0 Å². The molecule has 0 spiro atoms. The second-order valence-electron chi connectivity index (χ2n) is 6.14. The first-order chi connectivity index (χ1) is 8.53. The van der Waals surface area contributed by atoms with Gasteiger partial charge in [0.2, 0.25) is 0 Å². The third-order valence-electron chi connectivity index (χ3n) is 4.17. The van der Waals surface area contributed by atoms with Crippen molar-refractivity contribution < 1.29 is 4.79 Å². The molecular formula is C15H30N2O. The third-order valence-corrected chi connectivity index (χ3v) is 4.17. The lowest BCUT2D eigenvalue weighted by molar-refractivity contribution is 0.183. The van der Waals surface area contributed by atoms with Gasteiger partial charge in [0.15, 0.2) is 0 Å². The van der Waals surface area contributed by atoms with Crippen molar-refractivity contribution in [3.05, 3.63) is 0 Å². The monoisotopic (exact) mass is 254 g/mol. The summed E-state index contributed by atoms with van der Waals surface area (Å²) in [5, 5.41) is 3.16. The minimum absolute atomic E-state index is 0.107. The molecule has 0 atom stereocenters. The van der Waals surface area contributed by atoms with Crippen LogP contribution < -0.4 is 5.32 Å². The van der Waals surface area contributed by atoms with Gasteiger partial charge in [-0.05, 0) is 44.4 Å². The Morgan fingerprint density at radius 2 is 1.78 bits per heavy atom. The molecule has 0 aromatic carbocycles. The van der Waals surface area contributed by atoms with E-state index in [0.717, 1.165) is 19.6 Å². The summed E-state index contributed by atoms with van der Waals surface area (Å²) in [5.74, 6) is 0.716. The Bertz CT molecular complexity index is 253. The predicted molar refractivity (Wildman–Crippen MR) is 76.7 cm³/mol. The van der Waals surface area contributed by atoms with Gasteiger partial charge in [0.05, 0.1) is 0 Å². The highest BCUT2D eigenvalue weighted by Crippen LogP contribution is 2.42. The molecule has 1 aliphatic carbocycles. The van der Waals surface area contributed by atoms with Gasteiger partial charge in [-0.25, -0.2) is 4.79 Å². The van der Waals surface area contributed by atoms with E-state index in [-0.39, 0.29) is 6.03 Å². The summed E-state index contributed by atoms with van der Waals surface area (Å²) in [6.45, 7) is 11.1. The molecule has 3 nitrogen and oxygen atoms in total. The minimum Gasteiger partial charge on any atom is -0.337 e. The maximum Gasteiger partial charge on any atom is 0.317 e. The van der Waals surface area contributed by atoms with Crippen molar-refractivity contribution in [2.45, 2.75) is 59.8 Å². The van der Waals surface area contributed by atoms with Crippen LogP contribution in [0.15, 0.2) is 0 Å².